The van der Waals surface area contributed by atoms with E-state index >= 15 is 0 Å². The standard InChI is InChI=1S/C7H15FN2S/c1-10-4-2-7(8,3-5-10)6-9-11/h9,11H,2-6H2,1H3. The van der Waals surface area contributed by atoms with Crippen molar-refractivity contribution in [2.45, 2.75) is 18.5 Å². The Labute approximate surface area is 72.7 Å². The minimum absolute atomic E-state index is 0.365. The van der Waals surface area contributed by atoms with E-state index in [1.54, 1.807) is 0 Å². The average molecular weight is 178 g/mol. The summed E-state index contributed by atoms with van der Waals surface area (Å²) in [5, 5.41) is 0. The Morgan fingerprint density at radius 3 is 2.55 bits per heavy atom. The number of nitrogens with zero attached hydrogens (tertiary/aromatic N) is 1. The number of hydrogen-bond acceptors (Lipinski definition) is 3. The van der Waals surface area contributed by atoms with Crippen LogP contribution < -0.4 is 4.72 Å². The van der Waals surface area contributed by atoms with Crippen molar-refractivity contribution in [2.75, 3.05) is 26.7 Å². The molecule has 66 valence electrons. The molecule has 0 aliphatic carbocycles. The van der Waals surface area contributed by atoms with Gasteiger partial charge < -0.3 is 4.90 Å². The Bertz CT molecular complexity index is 124. The Morgan fingerprint density at radius 1 is 1.55 bits per heavy atom. The van der Waals surface area contributed by atoms with Crippen LogP contribution in [0, 0.1) is 0 Å². The molecular formula is C7H15FN2S. The topological polar surface area (TPSA) is 15.3 Å². The molecule has 0 atom stereocenters. The Morgan fingerprint density at radius 2 is 2.09 bits per heavy atom. The highest BCUT2D eigenvalue weighted by atomic mass is 32.1. The van der Waals surface area contributed by atoms with Gasteiger partial charge in [-0.25, -0.2) is 4.39 Å². The second-order valence-electron chi connectivity index (χ2n) is 3.29. The quantitative estimate of drug-likeness (QED) is 0.610. The molecule has 1 aliphatic heterocycles. The minimum Gasteiger partial charge on any atom is -0.306 e. The molecule has 0 bridgehead atoms. The summed E-state index contributed by atoms with van der Waals surface area (Å²) >= 11 is 3.80. The molecule has 1 N–H and O–H groups in total. The summed E-state index contributed by atoms with van der Waals surface area (Å²) in [4.78, 5) is 2.15. The first-order chi connectivity index (χ1) is 5.16. The van der Waals surface area contributed by atoms with Gasteiger partial charge in [-0.2, -0.15) is 0 Å². The Hall–Kier alpha value is 0.200. The maximum atomic E-state index is 13.6. The molecule has 1 fully saturated rings. The molecule has 0 radical (unpaired) electrons. The van der Waals surface area contributed by atoms with Gasteiger partial charge in [-0.3, -0.25) is 4.72 Å². The van der Waals surface area contributed by atoms with Crippen LogP contribution in [-0.2, 0) is 0 Å². The number of piperidine rings is 1. The van der Waals surface area contributed by atoms with E-state index in [1.807, 2.05) is 7.05 Å². The van der Waals surface area contributed by atoms with E-state index in [9.17, 15) is 4.39 Å². The number of thiol groups is 1. The predicted octanol–water partition coefficient (Wildman–Crippen LogP) is 0.855. The van der Waals surface area contributed by atoms with E-state index in [1.165, 1.54) is 0 Å². The van der Waals surface area contributed by atoms with E-state index in [2.05, 4.69) is 22.4 Å². The van der Waals surface area contributed by atoms with Crippen molar-refractivity contribution in [3.05, 3.63) is 0 Å². The fraction of sp³-hybridized carbons (Fsp3) is 1.00. The third kappa shape index (κ3) is 2.61. The number of nitrogens with one attached hydrogen (secondary N) is 1. The summed E-state index contributed by atoms with van der Waals surface area (Å²) in [6, 6.07) is 0. The highest BCUT2D eigenvalue weighted by Crippen LogP contribution is 2.24. The van der Waals surface area contributed by atoms with Gasteiger partial charge in [0.25, 0.3) is 0 Å². The third-order valence-corrected chi connectivity index (χ3v) is 2.44. The summed E-state index contributed by atoms with van der Waals surface area (Å²) in [5.74, 6) is 0. The van der Waals surface area contributed by atoms with Crippen LogP contribution in [0.25, 0.3) is 0 Å². The van der Waals surface area contributed by atoms with Crippen molar-refractivity contribution in [2.24, 2.45) is 0 Å². The van der Waals surface area contributed by atoms with Crippen LogP contribution in [0.3, 0.4) is 0 Å². The van der Waals surface area contributed by atoms with Crippen molar-refractivity contribution in [1.29, 1.82) is 0 Å². The molecule has 1 rings (SSSR count). The highest BCUT2D eigenvalue weighted by molar-refractivity contribution is 7.78. The van der Waals surface area contributed by atoms with E-state index < -0.39 is 5.67 Å². The third-order valence-electron chi connectivity index (χ3n) is 2.28. The molecular weight excluding hydrogens is 163 g/mol. The van der Waals surface area contributed by atoms with Gasteiger partial charge in [-0.15, -0.1) is 0 Å². The van der Waals surface area contributed by atoms with E-state index in [4.69, 9.17) is 0 Å². The zero-order valence-electron chi connectivity index (χ0n) is 6.81. The summed E-state index contributed by atoms with van der Waals surface area (Å²) < 4.78 is 16.2. The van der Waals surface area contributed by atoms with Crippen LogP contribution >= 0.6 is 12.8 Å². The fourth-order valence-electron chi connectivity index (χ4n) is 1.34. The lowest BCUT2D eigenvalue weighted by Gasteiger charge is -2.33. The summed E-state index contributed by atoms with van der Waals surface area (Å²) in [7, 11) is 2.02. The maximum Gasteiger partial charge on any atom is 0.126 e. The van der Waals surface area contributed by atoms with Gasteiger partial charge >= 0.3 is 0 Å². The van der Waals surface area contributed by atoms with Gasteiger partial charge in [0.1, 0.15) is 5.67 Å². The molecule has 1 saturated heterocycles. The first-order valence-corrected chi connectivity index (χ1v) is 4.35. The van der Waals surface area contributed by atoms with E-state index in [0.29, 0.717) is 19.4 Å². The van der Waals surface area contributed by atoms with Gasteiger partial charge in [-0.05, 0) is 19.9 Å². The molecule has 0 aromatic heterocycles. The van der Waals surface area contributed by atoms with Crippen LogP contribution in [0.5, 0.6) is 0 Å². The molecule has 11 heavy (non-hydrogen) atoms. The monoisotopic (exact) mass is 178 g/mol. The second-order valence-corrected chi connectivity index (χ2v) is 3.61. The average Bonchev–Trinajstić information content (AvgIpc) is 1.97. The lowest BCUT2D eigenvalue weighted by Crippen LogP contribution is -2.44. The first kappa shape index (κ1) is 9.29. The molecule has 4 heteroatoms. The minimum atomic E-state index is -1.02. The van der Waals surface area contributed by atoms with Gasteiger partial charge in [0.15, 0.2) is 0 Å². The molecule has 0 amide bonds. The van der Waals surface area contributed by atoms with Crippen LogP contribution in [0.4, 0.5) is 4.39 Å². The normalized spacial score (nSPS) is 25.4. The Kier molecular flexibility index (Phi) is 3.16. The predicted molar refractivity (Wildman–Crippen MR) is 47.6 cm³/mol. The number of rotatable bonds is 2. The molecule has 1 aliphatic rings. The van der Waals surface area contributed by atoms with Crippen LogP contribution in [0.15, 0.2) is 0 Å². The van der Waals surface area contributed by atoms with Crippen molar-refractivity contribution >= 4 is 12.8 Å². The SMILES string of the molecule is CN1CCC(F)(CNS)CC1. The van der Waals surface area contributed by atoms with Crippen molar-refractivity contribution in [1.82, 2.24) is 9.62 Å². The maximum absolute atomic E-state index is 13.6. The molecule has 2 nitrogen and oxygen atoms in total. The smallest absolute Gasteiger partial charge is 0.126 e. The highest BCUT2D eigenvalue weighted by Gasteiger charge is 2.32. The lowest BCUT2D eigenvalue weighted by molar-refractivity contribution is 0.0747. The van der Waals surface area contributed by atoms with Gasteiger partial charge in [0.2, 0.25) is 0 Å². The van der Waals surface area contributed by atoms with Gasteiger partial charge in [0.05, 0.1) is 0 Å². The zero-order chi connectivity index (χ0) is 8.32. The molecule has 0 saturated carbocycles. The molecule has 1 heterocycles. The van der Waals surface area contributed by atoms with Crippen LogP contribution in [0.1, 0.15) is 12.8 Å². The molecule has 0 aromatic rings. The number of halogens is 1. The van der Waals surface area contributed by atoms with Gasteiger partial charge in [0, 0.05) is 19.6 Å². The van der Waals surface area contributed by atoms with Crippen molar-refractivity contribution in [3.63, 3.8) is 0 Å². The summed E-state index contributed by atoms with van der Waals surface area (Å²) in [6.45, 7) is 2.07. The van der Waals surface area contributed by atoms with Crippen molar-refractivity contribution in [3.8, 4) is 0 Å². The van der Waals surface area contributed by atoms with Crippen LogP contribution in [0.2, 0.25) is 0 Å². The first-order valence-electron chi connectivity index (χ1n) is 3.91. The zero-order valence-corrected chi connectivity index (χ0v) is 7.70. The number of alkyl halides is 1. The van der Waals surface area contributed by atoms with E-state index in [0.717, 1.165) is 13.1 Å². The van der Waals surface area contributed by atoms with E-state index in [-0.39, 0.29) is 0 Å². The number of hydrogen-bond donors (Lipinski definition) is 2. The molecule has 0 unspecified atom stereocenters. The summed E-state index contributed by atoms with van der Waals surface area (Å²) in [5.41, 5.74) is -1.02. The Balaban J connectivity index is 2.35. The number of likely N-dealkylation sites (tertiary alicyclic amines) is 1. The lowest BCUT2D eigenvalue weighted by atomic mass is 9.94. The van der Waals surface area contributed by atoms with Gasteiger partial charge in [-0.1, -0.05) is 12.8 Å². The van der Waals surface area contributed by atoms with Crippen LogP contribution in [-0.4, -0.2) is 37.3 Å². The fourth-order valence-corrected chi connectivity index (χ4v) is 1.62. The largest absolute Gasteiger partial charge is 0.306 e. The van der Waals surface area contributed by atoms with Crippen molar-refractivity contribution < 1.29 is 4.39 Å². The second kappa shape index (κ2) is 3.74. The molecule has 0 spiro atoms. The molecule has 0 aromatic carbocycles. The summed E-state index contributed by atoms with van der Waals surface area (Å²) in [6.07, 6.45) is 1.24.